The lowest BCUT2D eigenvalue weighted by molar-refractivity contribution is -0.126. The summed E-state index contributed by atoms with van der Waals surface area (Å²) in [6.45, 7) is 8.50. The fourth-order valence-corrected chi connectivity index (χ4v) is 5.50. The Bertz CT molecular complexity index is 1230. The van der Waals surface area contributed by atoms with E-state index in [2.05, 4.69) is 42.3 Å². The summed E-state index contributed by atoms with van der Waals surface area (Å²) in [5.41, 5.74) is 6.58. The number of benzene rings is 3. The van der Waals surface area contributed by atoms with E-state index in [1.807, 2.05) is 54.6 Å². The Morgan fingerprint density at radius 3 is 2.44 bits per heavy atom. The van der Waals surface area contributed by atoms with Crippen molar-refractivity contribution in [1.82, 2.24) is 15.1 Å². The third-order valence-electron chi connectivity index (χ3n) is 7.70. The Kier molecular flexibility index (Phi) is 7.19. The average Bonchev–Trinajstić information content (AvgIpc) is 3.22. The highest BCUT2D eigenvalue weighted by Crippen LogP contribution is 2.32. The summed E-state index contributed by atoms with van der Waals surface area (Å²) in [4.78, 5) is 31.0. The highest BCUT2D eigenvalue weighted by atomic mass is 16.2. The van der Waals surface area contributed by atoms with Crippen LogP contribution in [-0.2, 0) is 17.9 Å². The molecule has 186 valence electrons. The van der Waals surface area contributed by atoms with Gasteiger partial charge < -0.3 is 10.2 Å². The summed E-state index contributed by atoms with van der Waals surface area (Å²) in [7, 11) is 0. The van der Waals surface area contributed by atoms with E-state index >= 15 is 0 Å². The van der Waals surface area contributed by atoms with Crippen LogP contribution in [-0.4, -0.2) is 41.2 Å². The molecule has 0 radical (unpaired) electrons. The minimum Gasteiger partial charge on any atom is -0.354 e. The first-order chi connectivity index (χ1) is 17.5. The monoisotopic (exact) mass is 481 g/mol. The van der Waals surface area contributed by atoms with E-state index in [9.17, 15) is 9.59 Å². The van der Waals surface area contributed by atoms with Gasteiger partial charge in [0.1, 0.15) is 6.04 Å². The molecule has 2 amide bonds. The molecule has 5 nitrogen and oxygen atoms in total. The number of amides is 2. The minimum absolute atomic E-state index is 0.0747. The third-order valence-corrected chi connectivity index (χ3v) is 7.70. The number of carbonyl (C=O) groups is 2. The van der Waals surface area contributed by atoms with Crippen molar-refractivity contribution in [2.45, 2.75) is 45.8 Å². The summed E-state index contributed by atoms with van der Waals surface area (Å²) < 4.78 is 0. The Balaban J connectivity index is 1.20. The molecule has 1 saturated heterocycles. The Morgan fingerprint density at radius 2 is 1.69 bits per heavy atom. The number of carbonyl (C=O) groups excluding carboxylic acids is 2. The molecule has 5 rings (SSSR count). The molecule has 2 aliphatic rings. The standard InChI is InChI=1S/C31H35N3O2/c1-22-12-13-23(2)27(18-22)20-33-16-14-24(15-17-33)19-32-30(35)29(25-8-4-3-5-9-25)34-21-26-10-6-7-11-28(26)31(34)36/h3-13,18,24,29H,14-17,19-21H2,1-2H3,(H,32,35)/t29-/m0/s1. The van der Waals surface area contributed by atoms with Crippen LogP contribution in [0.2, 0.25) is 0 Å². The van der Waals surface area contributed by atoms with Crippen LogP contribution in [0.4, 0.5) is 0 Å². The maximum Gasteiger partial charge on any atom is 0.255 e. The van der Waals surface area contributed by atoms with Gasteiger partial charge in [-0.05, 0) is 74.0 Å². The maximum absolute atomic E-state index is 13.5. The van der Waals surface area contributed by atoms with Crippen LogP contribution in [0.3, 0.4) is 0 Å². The Morgan fingerprint density at radius 1 is 0.972 bits per heavy atom. The van der Waals surface area contributed by atoms with Crippen molar-refractivity contribution in [3.8, 4) is 0 Å². The van der Waals surface area contributed by atoms with Crippen LogP contribution < -0.4 is 5.32 Å². The first-order valence-electron chi connectivity index (χ1n) is 13.0. The maximum atomic E-state index is 13.5. The van der Waals surface area contributed by atoms with E-state index in [1.54, 1.807) is 4.90 Å². The first-order valence-corrected chi connectivity index (χ1v) is 13.0. The predicted octanol–water partition coefficient (Wildman–Crippen LogP) is 5.03. The smallest absolute Gasteiger partial charge is 0.255 e. The zero-order chi connectivity index (χ0) is 25.1. The van der Waals surface area contributed by atoms with Gasteiger partial charge >= 0.3 is 0 Å². The lowest BCUT2D eigenvalue weighted by Gasteiger charge is -2.33. The van der Waals surface area contributed by atoms with Crippen molar-refractivity contribution >= 4 is 11.8 Å². The largest absolute Gasteiger partial charge is 0.354 e. The molecule has 1 fully saturated rings. The van der Waals surface area contributed by atoms with E-state index in [1.165, 1.54) is 16.7 Å². The highest BCUT2D eigenvalue weighted by molar-refractivity contribution is 6.01. The van der Waals surface area contributed by atoms with Crippen LogP contribution in [0, 0.1) is 19.8 Å². The molecule has 0 aromatic heterocycles. The summed E-state index contributed by atoms with van der Waals surface area (Å²) in [5.74, 6) is 0.279. The molecule has 3 aromatic carbocycles. The van der Waals surface area contributed by atoms with Crippen LogP contribution in [0.15, 0.2) is 72.8 Å². The van der Waals surface area contributed by atoms with Crippen LogP contribution in [0.5, 0.6) is 0 Å². The molecule has 1 N–H and O–H groups in total. The van der Waals surface area contributed by atoms with Crippen LogP contribution in [0.1, 0.15) is 57.1 Å². The van der Waals surface area contributed by atoms with Gasteiger partial charge in [-0.15, -0.1) is 0 Å². The number of likely N-dealkylation sites (tertiary alicyclic amines) is 1. The van der Waals surface area contributed by atoms with Gasteiger partial charge in [0.25, 0.3) is 5.91 Å². The molecule has 0 saturated carbocycles. The molecule has 0 aliphatic carbocycles. The van der Waals surface area contributed by atoms with Crippen LogP contribution in [0.25, 0.3) is 0 Å². The molecule has 0 unspecified atom stereocenters. The second-order valence-corrected chi connectivity index (χ2v) is 10.3. The quantitative estimate of drug-likeness (QED) is 0.515. The topological polar surface area (TPSA) is 52.7 Å². The van der Waals surface area contributed by atoms with Gasteiger partial charge in [0, 0.05) is 25.2 Å². The Hall–Kier alpha value is -3.44. The average molecular weight is 482 g/mol. The summed E-state index contributed by atoms with van der Waals surface area (Å²) in [6, 6.07) is 23.4. The molecular formula is C31H35N3O2. The molecular weight excluding hydrogens is 446 g/mol. The summed E-state index contributed by atoms with van der Waals surface area (Å²) in [6.07, 6.45) is 2.13. The van der Waals surface area contributed by atoms with Gasteiger partial charge in [0.15, 0.2) is 0 Å². The van der Waals surface area contributed by atoms with E-state index in [0.29, 0.717) is 24.6 Å². The van der Waals surface area contributed by atoms with Gasteiger partial charge in [0.05, 0.1) is 0 Å². The zero-order valence-electron chi connectivity index (χ0n) is 21.2. The molecule has 1 atom stereocenters. The number of rotatable bonds is 7. The zero-order valence-corrected chi connectivity index (χ0v) is 21.2. The predicted molar refractivity (Wildman–Crippen MR) is 142 cm³/mol. The fourth-order valence-electron chi connectivity index (χ4n) is 5.50. The van der Waals surface area contributed by atoms with E-state index in [4.69, 9.17) is 0 Å². The van der Waals surface area contributed by atoms with Crippen LogP contribution >= 0.6 is 0 Å². The summed E-state index contributed by atoms with van der Waals surface area (Å²) >= 11 is 0. The lowest BCUT2D eigenvalue weighted by atomic mass is 9.95. The SMILES string of the molecule is Cc1ccc(C)c(CN2CCC(CNC(=O)[C@H](c3ccccc3)N3Cc4ccccc4C3=O)CC2)c1. The number of hydrogen-bond acceptors (Lipinski definition) is 3. The number of aryl methyl sites for hydroxylation is 2. The minimum atomic E-state index is -0.629. The van der Waals surface area contributed by atoms with Gasteiger partial charge in [-0.2, -0.15) is 0 Å². The van der Waals surface area contributed by atoms with Crippen molar-refractivity contribution in [2.75, 3.05) is 19.6 Å². The van der Waals surface area contributed by atoms with Gasteiger partial charge in [-0.25, -0.2) is 0 Å². The molecule has 0 spiro atoms. The second kappa shape index (κ2) is 10.7. The Labute approximate surface area is 214 Å². The number of hydrogen-bond donors (Lipinski definition) is 1. The summed E-state index contributed by atoms with van der Waals surface area (Å²) in [5, 5.41) is 3.20. The molecule has 2 heterocycles. The number of nitrogens with one attached hydrogen (secondary N) is 1. The molecule has 0 bridgehead atoms. The van der Waals surface area contributed by atoms with Crippen molar-refractivity contribution in [3.63, 3.8) is 0 Å². The lowest BCUT2D eigenvalue weighted by Crippen LogP contribution is -2.44. The van der Waals surface area contributed by atoms with Gasteiger partial charge in [-0.1, -0.05) is 72.3 Å². The molecule has 2 aliphatic heterocycles. The second-order valence-electron chi connectivity index (χ2n) is 10.3. The van der Waals surface area contributed by atoms with Crippen molar-refractivity contribution in [1.29, 1.82) is 0 Å². The number of nitrogens with zero attached hydrogens (tertiary/aromatic N) is 2. The van der Waals surface area contributed by atoms with E-state index in [-0.39, 0.29) is 11.8 Å². The van der Waals surface area contributed by atoms with E-state index < -0.39 is 6.04 Å². The van der Waals surface area contributed by atoms with Crippen molar-refractivity contribution < 1.29 is 9.59 Å². The third kappa shape index (κ3) is 5.21. The highest BCUT2D eigenvalue weighted by Gasteiger charge is 2.37. The number of piperidine rings is 1. The van der Waals surface area contributed by atoms with E-state index in [0.717, 1.165) is 43.6 Å². The molecule has 5 heteroatoms. The van der Waals surface area contributed by atoms with Crippen molar-refractivity contribution in [3.05, 3.63) is 106 Å². The fraction of sp³-hybridized carbons (Fsp3) is 0.355. The number of fused-ring (bicyclic) bond motifs is 1. The first kappa shape index (κ1) is 24.3. The molecule has 3 aromatic rings. The van der Waals surface area contributed by atoms with Gasteiger partial charge in [-0.3, -0.25) is 14.5 Å². The molecule has 36 heavy (non-hydrogen) atoms. The van der Waals surface area contributed by atoms with Gasteiger partial charge in [0.2, 0.25) is 5.91 Å². The van der Waals surface area contributed by atoms with Crippen molar-refractivity contribution in [2.24, 2.45) is 5.92 Å². The normalized spacial score (nSPS) is 17.2.